The van der Waals surface area contributed by atoms with Crippen LogP contribution in [-0.2, 0) is 14.3 Å². The Balaban J connectivity index is 0.000000384. The van der Waals surface area contributed by atoms with Gasteiger partial charge >= 0.3 is 12.1 Å². The minimum Gasteiger partial charge on any atom is -0.475 e. The number of carbonyl (C=O) groups is 2. The number of likely N-dealkylation sites (tertiary alicyclic amines) is 1. The molecule has 2 unspecified atom stereocenters. The Hall–Kier alpha value is -3.25. The number of aromatic nitrogens is 2. The molecule has 5 rings (SSSR count). The highest BCUT2D eigenvalue weighted by Crippen LogP contribution is 2.40. The minimum atomic E-state index is -5.08. The van der Waals surface area contributed by atoms with E-state index >= 15 is 0 Å². The van der Waals surface area contributed by atoms with E-state index in [9.17, 15) is 18.0 Å². The Morgan fingerprint density at radius 2 is 1.92 bits per heavy atom. The first-order valence-corrected chi connectivity index (χ1v) is 12.1. The van der Waals surface area contributed by atoms with E-state index in [-0.39, 0.29) is 17.4 Å². The highest BCUT2D eigenvalue weighted by molar-refractivity contribution is 7.17. The average Bonchev–Trinajstić information content (AvgIpc) is 3.39. The van der Waals surface area contributed by atoms with E-state index in [1.54, 1.807) is 17.7 Å². The molecule has 1 N–H and O–H groups in total. The monoisotopic (exact) mass is 522 g/mol. The molecule has 2 aliphatic rings. The Morgan fingerprint density at radius 3 is 2.61 bits per heavy atom. The number of anilines is 1. The molecule has 0 aliphatic carbocycles. The maximum Gasteiger partial charge on any atom is 0.490 e. The van der Waals surface area contributed by atoms with Crippen LogP contribution in [0.5, 0.6) is 0 Å². The summed E-state index contributed by atoms with van der Waals surface area (Å²) in [6.45, 7) is 5.60. The molecule has 1 amide bonds. The first-order chi connectivity index (χ1) is 17.1. The molecule has 12 heteroatoms. The smallest absolute Gasteiger partial charge is 0.475 e. The van der Waals surface area contributed by atoms with E-state index in [0.29, 0.717) is 26.2 Å². The second kappa shape index (κ2) is 10.4. The van der Waals surface area contributed by atoms with Crippen molar-refractivity contribution >= 4 is 39.2 Å². The third-order valence-corrected chi connectivity index (χ3v) is 7.21. The highest BCUT2D eigenvalue weighted by Gasteiger charge is 2.47. The number of hydrogen-bond acceptors (Lipinski definition) is 7. The Bertz CT molecular complexity index is 1220. The summed E-state index contributed by atoms with van der Waals surface area (Å²) in [5, 5.41) is 9.18. The zero-order valence-corrected chi connectivity index (χ0v) is 20.3. The summed E-state index contributed by atoms with van der Waals surface area (Å²) >= 11 is 1.66. The molecule has 0 radical (unpaired) electrons. The normalized spacial score (nSPS) is 21.3. The number of carbonyl (C=O) groups excluding carboxylic acids is 1. The lowest BCUT2D eigenvalue weighted by molar-refractivity contribution is -0.192. The van der Waals surface area contributed by atoms with Gasteiger partial charge in [-0.1, -0.05) is 30.3 Å². The van der Waals surface area contributed by atoms with Gasteiger partial charge in [-0.05, 0) is 23.9 Å². The van der Waals surface area contributed by atoms with Gasteiger partial charge in [-0.2, -0.15) is 13.2 Å². The fraction of sp³-hybridized carbons (Fsp3) is 0.417. The van der Waals surface area contributed by atoms with E-state index in [1.165, 1.54) is 5.56 Å². The first-order valence-electron chi connectivity index (χ1n) is 11.3. The number of carboxylic acid groups (broad SMARTS) is 1. The molecular formula is C24H25F3N4O4S. The van der Waals surface area contributed by atoms with Crippen LogP contribution < -0.4 is 4.90 Å². The number of halogens is 3. The molecule has 2 saturated heterocycles. The van der Waals surface area contributed by atoms with Gasteiger partial charge in [0, 0.05) is 31.5 Å². The van der Waals surface area contributed by atoms with Gasteiger partial charge in [0.1, 0.15) is 12.1 Å². The van der Waals surface area contributed by atoms with Crippen molar-refractivity contribution in [1.82, 2.24) is 14.9 Å². The average molecular weight is 523 g/mol. The molecule has 8 nitrogen and oxygen atoms in total. The largest absolute Gasteiger partial charge is 0.490 e. The number of amides is 1. The topological polar surface area (TPSA) is 95.9 Å². The molecule has 3 aromatic rings. The Kier molecular flexibility index (Phi) is 7.46. The predicted octanol–water partition coefficient (Wildman–Crippen LogP) is 4.14. The zero-order chi connectivity index (χ0) is 25.9. The maximum atomic E-state index is 13.0. The molecule has 2 atom stereocenters. The van der Waals surface area contributed by atoms with Gasteiger partial charge in [0.15, 0.2) is 0 Å². The molecule has 0 saturated carbocycles. The van der Waals surface area contributed by atoms with Gasteiger partial charge in [-0.3, -0.25) is 4.79 Å². The van der Waals surface area contributed by atoms with Crippen molar-refractivity contribution in [2.75, 3.05) is 37.7 Å². The van der Waals surface area contributed by atoms with Crippen LogP contribution in [0.3, 0.4) is 0 Å². The van der Waals surface area contributed by atoms with Crippen LogP contribution in [0.4, 0.5) is 19.0 Å². The number of rotatable bonds is 3. The molecule has 36 heavy (non-hydrogen) atoms. The molecule has 192 valence electrons. The fourth-order valence-corrected chi connectivity index (χ4v) is 5.43. The van der Waals surface area contributed by atoms with Crippen molar-refractivity contribution in [1.29, 1.82) is 0 Å². The lowest BCUT2D eigenvalue weighted by atomic mass is 9.87. The molecule has 2 aromatic heterocycles. The number of alkyl halides is 3. The number of fused-ring (bicyclic) bond motifs is 1. The van der Waals surface area contributed by atoms with E-state index in [1.807, 2.05) is 29.2 Å². The summed E-state index contributed by atoms with van der Waals surface area (Å²) in [5.74, 6) is -1.60. The zero-order valence-electron chi connectivity index (χ0n) is 19.4. The van der Waals surface area contributed by atoms with E-state index in [0.717, 1.165) is 29.1 Å². The molecule has 1 spiro atoms. The second-order valence-corrected chi connectivity index (χ2v) is 9.81. The van der Waals surface area contributed by atoms with Crippen LogP contribution in [0.15, 0.2) is 48.1 Å². The summed E-state index contributed by atoms with van der Waals surface area (Å²) in [7, 11) is 0. The fourth-order valence-electron chi connectivity index (χ4n) is 4.57. The van der Waals surface area contributed by atoms with Crippen molar-refractivity contribution in [2.45, 2.75) is 25.6 Å². The number of nitrogens with zero attached hydrogens (tertiary/aromatic N) is 4. The minimum absolute atomic E-state index is 0.0582. The summed E-state index contributed by atoms with van der Waals surface area (Å²) in [6, 6.07) is 12.3. The molecule has 1 aromatic carbocycles. The Morgan fingerprint density at radius 1 is 1.19 bits per heavy atom. The van der Waals surface area contributed by atoms with Crippen LogP contribution >= 0.6 is 11.3 Å². The Labute approximate surface area is 209 Å². The second-order valence-electron chi connectivity index (χ2n) is 8.89. The summed E-state index contributed by atoms with van der Waals surface area (Å²) in [6.07, 6.45) is -2.94. The quantitative estimate of drug-likeness (QED) is 0.552. The van der Waals surface area contributed by atoms with E-state index < -0.39 is 12.1 Å². The SMILES string of the molecule is CC(c1ccccc1)N1CC2(COCCN(c3ncnc4ccsc34)C2)CC1=O.O=C(O)C(F)(F)F. The lowest BCUT2D eigenvalue weighted by Gasteiger charge is -2.33. The molecular weight excluding hydrogens is 497 g/mol. The predicted molar refractivity (Wildman–Crippen MR) is 128 cm³/mol. The maximum absolute atomic E-state index is 13.0. The third kappa shape index (κ3) is 5.59. The van der Waals surface area contributed by atoms with Crippen LogP contribution in [0.25, 0.3) is 10.2 Å². The number of aliphatic carboxylic acids is 1. The highest BCUT2D eigenvalue weighted by atomic mass is 32.1. The van der Waals surface area contributed by atoms with Crippen molar-refractivity contribution < 1.29 is 32.6 Å². The molecule has 2 fully saturated rings. The number of hydrogen-bond donors (Lipinski definition) is 1. The van der Waals surface area contributed by atoms with Gasteiger partial charge in [0.2, 0.25) is 5.91 Å². The number of benzene rings is 1. The van der Waals surface area contributed by atoms with E-state index in [4.69, 9.17) is 14.6 Å². The molecule has 0 bridgehead atoms. The first kappa shape index (κ1) is 25.8. The van der Waals surface area contributed by atoms with Crippen LogP contribution in [0.2, 0.25) is 0 Å². The molecule has 2 aliphatic heterocycles. The standard InChI is InChI=1S/C22H24N4O2S.C2HF3O2/c1-16(17-5-3-2-4-6-17)26-13-22(11-19(26)27)12-25(8-9-28-14-22)21-20-18(7-10-29-20)23-15-24-21;3-2(4,5)1(6)7/h2-7,10,15-16H,8-9,11-14H2,1H3;(H,6,7). The number of ether oxygens (including phenoxy) is 1. The summed E-state index contributed by atoms with van der Waals surface area (Å²) in [5.41, 5.74) is 1.92. The number of carboxylic acids is 1. The van der Waals surface area contributed by atoms with E-state index in [2.05, 4.69) is 39.3 Å². The summed E-state index contributed by atoms with van der Waals surface area (Å²) < 4.78 is 38.8. The van der Waals surface area contributed by atoms with Crippen molar-refractivity contribution in [2.24, 2.45) is 5.41 Å². The van der Waals surface area contributed by atoms with Crippen molar-refractivity contribution in [3.8, 4) is 0 Å². The van der Waals surface area contributed by atoms with Gasteiger partial charge in [0.05, 0.1) is 29.5 Å². The molecule has 4 heterocycles. The number of thiophene rings is 1. The van der Waals surface area contributed by atoms with Crippen molar-refractivity contribution in [3.05, 3.63) is 53.7 Å². The van der Waals surface area contributed by atoms with Gasteiger partial charge in [-0.15, -0.1) is 11.3 Å². The van der Waals surface area contributed by atoms with Gasteiger partial charge in [-0.25, -0.2) is 14.8 Å². The van der Waals surface area contributed by atoms with Crippen LogP contribution in [0.1, 0.15) is 24.9 Å². The summed E-state index contributed by atoms with van der Waals surface area (Å²) in [4.78, 5) is 35.2. The third-order valence-electron chi connectivity index (χ3n) is 6.31. The van der Waals surface area contributed by atoms with Crippen molar-refractivity contribution in [3.63, 3.8) is 0 Å². The lowest BCUT2D eigenvalue weighted by Crippen LogP contribution is -2.41. The van der Waals surface area contributed by atoms with Crippen LogP contribution in [-0.4, -0.2) is 70.9 Å². The van der Waals surface area contributed by atoms with Crippen LogP contribution in [0, 0.1) is 5.41 Å². The van der Waals surface area contributed by atoms with Gasteiger partial charge < -0.3 is 19.6 Å². The van der Waals surface area contributed by atoms with Gasteiger partial charge in [0.25, 0.3) is 0 Å².